The molecule has 1 atom stereocenters. The molecule has 1 aliphatic heterocycles. The highest BCUT2D eigenvalue weighted by Crippen LogP contribution is 2.28. The minimum absolute atomic E-state index is 0.771. The molecule has 66 valence electrons. The number of nitrogens with zero attached hydrogens (tertiary/aromatic N) is 1. The fourth-order valence-corrected chi connectivity index (χ4v) is 2.11. The van der Waals surface area contributed by atoms with Crippen molar-refractivity contribution < 1.29 is 0 Å². The summed E-state index contributed by atoms with van der Waals surface area (Å²) in [6, 6.07) is 0. The molecule has 0 aromatic carbocycles. The molecule has 0 aromatic rings. The quantitative estimate of drug-likeness (QED) is 0.529. The van der Waals surface area contributed by atoms with Gasteiger partial charge in [0.2, 0.25) is 0 Å². The van der Waals surface area contributed by atoms with Crippen molar-refractivity contribution in [2.24, 2.45) is 5.92 Å². The molecule has 0 saturated heterocycles. The molecule has 0 bridgehead atoms. The first-order valence-corrected chi connectivity index (χ1v) is 4.83. The minimum atomic E-state index is 0.771. The Balaban J connectivity index is 2.17. The predicted octanol–water partition coefficient (Wildman–Crippen LogP) is 2.21. The first-order chi connectivity index (χ1) is 5.75. The monoisotopic (exact) mass is 163 g/mol. The van der Waals surface area contributed by atoms with E-state index in [4.69, 9.17) is 0 Å². The van der Waals surface area contributed by atoms with Crippen LogP contribution >= 0.6 is 0 Å². The van der Waals surface area contributed by atoms with Gasteiger partial charge in [0.1, 0.15) is 0 Å². The molecular weight excluding hydrogens is 146 g/mol. The molecule has 2 rings (SSSR count). The third kappa shape index (κ3) is 1.46. The van der Waals surface area contributed by atoms with Crippen LogP contribution < -0.4 is 0 Å². The van der Waals surface area contributed by atoms with Gasteiger partial charge in [-0.05, 0) is 31.4 Å². The van der Waals surface area contributed by atoms with Crippen molar-refractivity contribution >= 4 is 0 Å². The highest BCUT2D eigenvalue weighted by molar-refractivity contribution is 5.33. The zero-order valence-corrected chi connectivity index (χ0v) is 8.01. The lowest BCUT2D eigenvalue weighted by Gasteiger charge is -2.29. The molecule has 0 fully saturated rings. The number of rotatable bonds is 0. The largest absolute Gasteiger partial charge is 0.302 e. The minimum Gasteiger partial charge on any atom is -0.302 e. The lowest BCUT2D eigenvalue weighted by molar-refractivity contribution is 0.344. The van der Waals surface area contributed by atoms with E-state index in [1.807, 2.05) is 0 Å². The van der Waals surface area contributed by atoms with Gasteiger partial charge in [0.15, 0.2) is 0 Å². The maximum Gasteiger partial charge on any atom is 0.0230 e. The van der Waals surface area contributed by atoms with Gasteiger partial charge in [0, 0.05) is 13.1 Å². The lowest BCUT2D eigenvalue weighted by atomic mass is 9.87. The van der Waals surface area contributed by atoms with Crippen molar-refractivity contribution in [3.05, 3.63) is 23.3 Å². The van der Waals surface area contributed by atoms with Crippen LogP contribution in [-0.4, -0.2) is 25.0 Å². The molecule has 0 aromatic heterocycles. The smallest absolute Gasteiger partial charge is 0.0230 e. The zero-order valence-electron chi connectivity index (χ0n) is 8.01. The molecule has 1 aliphatic carbocycles. The van der Waals surface area contributed by atoms with Crippen LogP contribution in [0.1, 0.15) is 19.8 Å². The van der Waals surface area contributed by atoms with Gasteiger partial charge in [-0.25, -0.2) is 0 Å². The van der Waals surface area contributed by atoms with Gasteiger partial charge in [0.25, 0.3) is 0 Å². The molecule has 0 spiro atoms. The van der Waals surface area contributed by atoms with Crippen molar-refractivity contribution in [1.82, 2.24) is 4.90 Å². The van der Waals surface area contributed by atoms with Crippen molar-refractivity contribution in [2.75, 3.05) is 20.1 Å². The standard InChI is InChI=1S/C11H17N/c1-9-3-4-11-8-12(2)6-5-10(11)7-9/h3-4,9H,5-8H2,1-2H3/t9-/m1/s1. The Bertz CT molecular complexity index is 237. The van der Waals surface area contributed by atoms with Crippen molar-refractivity contribution in [3.63, 3.8) is 0 Å². The van der Waals surface area contributed by atoms with Gasteiger partial charge in [-0.15, -0.1) is 0 Å². The molecule has 0 N–H and O–H groups in total. The maximum absolute atomic E-state index is 2.40. The zero-order chi connectivity index (χ0) is 8.55. The first kappa shape index (κ1) is 8.06. The Morgan fingerprint density at radius 2 is 2.33 bits per heavy atom. The van der Waals surface area contributed by atoms with E-state index in [2.05, 4.69) is 31.0 Å². The van der Waals surface area contributed by atoms with Crippen molar-refractivity contribution in [1.29, 1.82) is 0 Å². The molecule has 1 heteroatoms. The average Bonchev–Trinajstić information content (AvgIpc) is 2.05. The topological polar surface area (TPSA) is 3.24 Å². The van der Waals surface area contributed by atoms with E-state index in [9.17, 15) is 0 Å². The molecule has 0 amide bonds. The Morgan fingerprint density at radius 3 is 3.17 bits per heavy atom. The van der Waals surface area contributed by atoms with E-state index >= 15 is 0 Å². The summed E-state index contributed by atoms with van der Waals surface area (Å²) in [5.74, 6) is 0.771. The molecule has 2 aliphatic rings. The fraction of sp³-hybridized carbons (Fsp3) is 0.636. The number of allylic oxidation sites excluding steroid dienone is 1. The van der Waals surface area contributed by atoms with E-state index in [-0.39, 0.29) is 0 Å². The summed E-state index contributed by atoms with van der Waals surface area (Å²) in [5.41, 5.74) is 3.30. The molecule has 0 saturated carbocycles. The first-order valence-electron chi connectivity index (χ1n) is 4.83. The second kappa shape index (κ2) is 3.06. The Kier molecular flexibility index (Phi) is 2.05. The van der Waals surface area contributed by atoms with E-state index in [1.54, 1.807) is 11.1 Å². The van der Waals surface area contributed by atoms with Crippen LogP contribution in [-0.2, 0) is 0 Å². The maximum atomic E-state index is 2.40. The molecular formula is C11H17N. The summed E-state index contributed by atoms with van der Waals surface area (Å²) in [4.78, 5) is 2.40. The van der Waals surface area contributed by atoms with E-state index in [0.29, 0.717) is 0 Å². The molecule has 0 unspecified atom stereocenters. The highest BCUT2D eigenvalue weighted by Gasteiger charge is 2.18. The summed E-state index contributed by atoms with van der Waals surface area (Å²) in [6.45, 7) is 4.72. The average molecular weight is 163 g/mol. The summed E-state index contributed by atoms with van der Waals surface area (Å²) in [5, 5.41) is 0. The number of hydrogen-bond acceptors (Lipinski definition) is 1. The van der Waals surface area contributed by atoms with Gasteiger partial charge in [-0.2, -0.15) is 0 Å². The Labute approximate surface area is 74.8 Å². The summed E-state index contributed by atoms with van der Waals surface area (Å²) < 4.78 is 0. The predicted molar refractivity (Wildman–Crippen MR) is 52.1 cm³/mol. The Hall–Kier alpha value is -0.560. The van der Waals surface area contributed by atoms with Crippen LogP contribution in [0.3, 0.4) is 0 Å². The normalized spacial score (nSPS) is 30.7. The van der Waals surface area contributed by atoms with Crippen LogP contribution in [0.15, 0.2) is 23.3 Å². The summed E-state index contributed by atoms with van der Waals surface area (Å²) >= 11 is 0. The van der Waals surface area contributed by atoms with Crippen LogP contribution in [0.25, 0.3) is 0 Å². The van der Waals surface area contributed by atoms with Crippen LogP contribution in [0.5, 0.6) is 0 Å². The second-order valence-corrected chi connectivity index (χ2v) is 4.16. The number of likely N-dealkylation sites (N-methyl/N-ethyl adjacent to an activating group) is 1. The van der Waals surface area contributed by atoms with E-state index in [0.717, 1.165) is 5.92 Å². The van der Waals surface area contributed by atoms with Gasteiger partial charge in [-0.1, -0.05) is 24.6 Å². The third-order valence-corrected chi connectivity index (χ3v) is 2.88. The van der Waals surface area contributed by atoms with Crippen LogP contribution in [0.2, 0.25) is 0 Å². The number of hydrogen-bond donors (Lipinski definition) is 0. The lowest BCUT2D eigenvalue weighted by Crippen LogP contribution is -2.28. The van der Waals surface area contributed by atoms with Crippen molar-refractivity contribution in [2.45, 2.75) is 19.8 Å². The Morgan fingerprint density at radius 1 is 1.50 bits per heavy atom. The molecule has 12 heavy (non-hydrogen) atoms. The summed E-state index contributed by atoms with van der Waals surface area (Å²) in [7, 11) is 2.20. The fourth-order valence-electron chi connectivity index (χ4n) is 2.11. The van der Waals surface area contributed by atoms with E-state index < -0.39 is 0 Å². The van der Waals surface area contributed by atoms with Crippen molar-refractivity contribution in [3.8, 4) is 0 Å². The molecule has 1 heterocycles. The third-order valence-electron chi connectivity index (χ3n) is 2.88. The SMILES string of the molecule is C[C@@H]1C=CC2=C(CCN(C)C2)C1. The second-order valence-electron chi connectivity index (χ2n) is 4.16. The van der Waals surface area contributed by atoms with Crippen LogP contribution in [0.4, 0.5) is 0 Å². The van der Waals surface area contributed by atoms with Gasteiger partial charge in [0.05, 0.1) is 0 Å². The molecule has 0 radical (unpaired) electrons. The molecule has 1 nitrogen and oxygen atoms in total. The van der Waals surface area contributed by atoms with Gasteiger partial charge in [-0.3, -0.25) is 0 Å². The van der Waals surface area contributed by atoms with Crippen LogP contribution in [0, 0.1) is 5.92 Å². The van der Waals surface area contributed by atoms with Gasteiger partial charge >= 0.3 is 0 Å². The van der Waals surface area contributed by atoms with E-state index in [1.165, 1.54) is 25.9 Å². The highest BCUT2D eigenvalue weighted by atomic mass is 15.1. The van der Waals surface area contributed by atoms with Gasteiger partial charge < -0.3 is 4.90 Å². The summed E-state index contributed by atoms with van der Waals surface area (Å²) in [6.07, 6.45) is 7.28.